The van der Waals surface area contributed by atoms with Gasteiger partial charge in [-0.2, -0.15) is 13.2 Å². The van der Waals surface area contributed by atoms with Crippen molar-refractivity contribution in [2.75, 3.05) is 11.5 Å². The second kappa shape index (κ2) is 4.99. The number of halogens is 3. The van der Waals surface area contributed by atoms with E-state index in [2.05, 4.69) is 10.3 Å². The van der Waals surface area contributed by atoms with Crippen LogP contribution in [0.1, 0.15) is 26.8 Å². The van der Waals surface area contributed by atoms with Crippen LogP contribution in [0.2, 0.25) is 0 Å². The van der Waals surface area contributed by atoms with Gasteiger partial charge in [-0.1, -0.05) is 0 Å². The minimum atomic E-state index is -4.59. The zero-order valence-electron chi connectivity index (χ0n) is 10.3. The fraction of sp³-hybridized carbons (Fsp3) is 0.600. The van der Waals surface area contributed by atoms with Gasteiger partial charge in [-0.3, -0.25) is 4.79 Å². The Morgan fingerprint density at radius 2 is 2.10 bits per heavy atom. The van der Waals surface area contributed by atoms with Crippen molar-refractivity contribution in [1.29, 1.82) is 0 Å². The summed E-state index contributed by atoms with van der Waals surface area (Å²) < 4.78 is 60.0. The molecular weight excluding hydrogens is 317 g/mol. The molecule has 1 aromatic heterocycles. The van der Waals surface area contributed by atoms with E-state index in [0.29, 0.717) is 0 Å². The van der Waals surface area contributed by atoms with Crippen LogP contribution in [0.4, 0.5) is 13.2 Å². The van der Waals surface area contributed by atoms with Gasteiger partial charge in [0, 0.05) is 6.04 Å². The number of nitrogens with one attached hydrogen (secondary N) is 1. The lowest BCUT2D eigenvalue weighted by Gasteiger charge is -2.09. The van der Waals surface area contributed by atoms with Crippen molar-refractivity contribution < 1.29 is 26.4 Å². The third kappa shape index (κ3) is 3.29. The molecule has 20 heavy (non-hydrogen) atoms. The summed E-state index contributed by atoms with van der Waals surface area (Å²) in [5, 5.41) is 1.36. The van der Waals surface area contributed by atoms with Crippen LogP contribution in [0.5, 0.6) is 0 Å². The van der Waals surface area contributed by atoms with E-state index < -0.39 is 33.0 Å². The quantitative estimate of drug-likeness (QED) is 0.890. The van der Waals surface area contributed by atoms with Crippen molar-refractivity contribution in [2.45, 2.75) is 25.6 Å². The molecule has 10 heteroatoms. The van der Waals surface area contributed by atoms with Crippen molar-refractivity contribution in [3.8, 4) is 0 Å². The van der Waals surface area contributed by atoms with Gasteiger partial charge >= 0.3 is 6.18 Å². The lowest BCUT2D eigenvalue weighted by atomic mass is 10.2. The van der Waals surface area contributed by atoms with Crippen LogP contribution in [0.15, 0.2) is 0 Å². The van der Waals surface area contributed by atoms with Crippen molar-refractivity contribution in [1.82, 2.24) is 10.3 Å². The monoisotopic (exact) mass is 328 g/mol. The number of aromatic nitrogens is 1. The number of rotatable bonds is 2. The number of nitrogens with zero attached hydrogens (tertiary/aromatic N) is 1. The summed E-state index contributed by atoms with van der Waals surface area (Å²) in [5.74, 6) is -0.909. The van der Waals surface area contributed by atoms with Crippen LogP contribution >= 0.6 is 11.3 Å². The molecule has 1 aromatic rings. The predicted octanol–water partition coefficient (Wildman–Crippen LogP) is 1.39. The Bertz CT molecular complexity index is 637. The molecule has 0 aliphatic carbocycles. The molecule has 1 saturated heterocycles. The highest BCUT2D eigenvalue weighted by atomic mass is 32.2. The van der Waals surface area contributed by atoms with Crippen LogP contribution in [-0.4, -0.2) is 36.9 Å². The number of carbonyl (C=O) groups is 1. The van der Waals surface area contributed by atoms with Crippen LogP contribution in [0, 0.1) is 6.92 Å². The molecule has 2 rings (SSSR count). The van der Waals surface area contributed by atoms with E-state index in [1.807, 2.05) is 0 Å². The van der Waals surface area contributed by atoms with Gasteiger partial charge in [0.25, 0.3) is 5.91 Å². The van der Waals surface area contributed by atoms with Gasteiger partial charge in [-0.15, -0.1) is 11.3 Å². The normalized spacial score (nSPS) is 21.9. The van der Waals surface area contributed by atoms with Crippen LogP contribution in [-0.2, 0) is 16.0 Å². The fourth-order valence-electron chi connectivity index (χ4n) is 1.89. The predicted molar refractivity (Wildman–Crippen MR) is 66.4 cm³/mol. The summed E-state index contributed by atoms with van der Waals surface area (Å²) in [6.07, 6.45) is -4.32. The highest BCUT2D eigenvalue weighted by molar-refractivity contribution is 7.91. The molecule has 1 amide bonds. The van der Waals surface area contributed by atoms with Crippen LogP contribution in [0.25, 0.3) is 0 Å². The van der Waals surface area contributed by atoms with Crippen molar-refractivity contribution in [3.63, 3.8) is 0 Å². The second-order valence-corrected chi connectivity index (χ2v) is 7.73. The summed E-state index contributed by atoms with van der Waals surface area (Å²) >= 11 is 0.260. The van der Waals surface area contributed by atoms with Crippen LogP contribution < -0.4 is 5.32 Å². The van der Waals surface area contributed by atoms with Gasteiger partial charge < -0.3 is 5.32 Å². The topological polar surface area (TPSA) is 76.1 Å². The SMILES string of the molecule is Cc1nc(C(F)(F)F)sc1C(=O)NC1CCS(=O)(=O)C1. The molecule has 112 valence electrons. The Labute approximate surface area is 117 Å². The first-order chi connectivity index (χ1) is 9.08. The number of amides is 1. The van der Waals surface area contributed by atoms with Crippen molar-refractivity contribution in [2.24, 2.45) is 0 Å². The minimum absolute atomic E-state index is 0.0133. The number of hydrogen-bond donors (Lipinski definition) is 1. The molecule has 1 N–H and O–H groups in total. The lowest BCUT2D eigenvalue weighted by molar-refractivity contribution is -0.137. The maximum atomic E-state index is 12.5. The van der Waals surface area contributed by atoms with E-state index in [1.165, 1.54) is 6.92 Å². The van der Waals surface area contributed by atoms with Crippen molar-refractivity contribution >= 4 is 27.1 Å². The molecule has 0 bridgehead atoms. The average molecular weight is 328 g/mol. The zero-order chi connectivity index (χ0) is 15.1. The third-order valence-electron chi connectivity index (χ3n) is 2.81. The molecule has 2 heterocycles. The first kappa shape index (κ1) is 15.2. The van der Waals surface area contributed by atoms with Gasteiger partial charge in [-0.05, 0) is 13.3 Å². The first-order valence-electron chi connectivity index (χ1n) is 5.64. The minimum Gasteiger partial charge on any atom is -0.347 e. The van der Waals surface area contributed by atoms with E-state index in [0.717, 1.165) is 0 Å². The Kier molecular flexibility index (Phi) is 3.80. The summed E-state index contributed by atoms with van der Waals surface area (Å²) in [6.45, 7) is 1.31. The second-order valence-electron chi connectivity index (χ2n) is 4.50. The molecular formula is C10H11F3N2O3S2. The molecule has 1 atom stereocenters. The highest BCUT2D eigenvalue weighted by Gasteiger charge is 2.37. The molecule has 0 aromatic carbocycles. The summed E-state index contributed by atoms with van der Waals surface area (Å²) in [7, 11) is -3.16. The molecule has 0 spiro atoms. The number of thiazole rings is 1. The molecule has 1 unspecified atom stereocenters. The lowest BCUT2D eigenvalue weighted by Crippen LogP contribution is -2.35. The Hall–Kier alpha value is -1.16. The smallest absolute Gasteiger partial charge is 0.347 e. The van der Waals surface area contributed by atoms with Gasteiger partial charge in [0.1, 0.15) is 4.88 Å². The van der Waals surface area contributed by atoms with E-state index in [4.69, 9.17) is 0 Å². The average Bonchev–Trinajstić information content (AvgIpc) is 2.81. The number of sulfone groups is 1. The molecule has 1 aliphatic heterocycles. The highest BCUT2D eigenvalue weighted by Crippen LogP contribution is 2.34. The molecule has 1 fully saturated rings. The maximum Gasteiger partial charge on any atom is 0.443 e. The van der Waals surface area contributed by atoms with Crippen LogP contribution in [0.3, 0.4) is 0 Å². The summed E-state index contributed by atoms with van der Waals surface area (Å²) in [5.41, 5.74) is -0.0133. The number of carbonyl (C=O) groups excluding carboxylic acids is 1. The van der Waals surface area contributed by atoms with E-state index in [9.17, 15) is 26.4 Å². The molecule has 5 nitrogen and oxygen atoms in total. The van der Waals surface area contributed by atoms with E-state index >= 15 is 0 Å². The van der Waals surface area contributed by atoms with Gasteiger partial charge in [0.05, 0.1) is 17.2 Å². The third-order valence-corrected chi connectivity index (χ3v) is 5.78. The largest absolute Gasteiger partial charge is 0.443 e. The molecule has 1 aliphatic rings. The van der Waals surface area contributed by atoms with Crippen molar-refractivity contribution in [3.05, 3.63) is 15.6 Å². The Morgan fingerprint density at radius 1 is 1.45 bits per heavy atom. The summed E-state index contributed by atoms with van der Waals surface area (Å²) in [4.78, 5) is 15.1. The first-order valence-corrected chi connectivity index (χ1v) is 8.28. The van der Waals surface area contributed by atoms with E-state index in [-0.39, 0.29) is 39.8 Å². The van der Waals surface area contributed by atoms with Gasteiger partial charge in [0.2, 0.25) is 0 Å². The standard InChI is InChI=1S/C10H11F3N2O3S2/c1-5-7(19-9(14-5)10(11,12)13)8(16)15-6-2-3-20(17,18)4-6/h6H,2-4H2,1H3,(H,15,16). The van der Waals surface area contributed by atoms with Gasteiger partial charge in [-0.25, -0.2) is 13.4 Å². The number of alkyl halides is 3. The molecule has 0 radical (unpaired) electrons. The van der Waals surface area contributed by atoms with E-state index in [1.54, 1.807) is 0 Å². The maximum absolute atomic E-state index is 12.5. The Morgan fingerprint density at radius 3 is 2.55 bits per heavy atom. The fourth-order valence-corrected chi connectivity index (χ4v) is 4.40. The number of hydrogen-bond acceptors (Lipinski definition) is 5. The number of aryl methyl sites for hydroxylation is 1. The Balaban J connectivity index is 2.12. The zero-order valence-corrected chi connectivity index (χ0v) is 12.0. The summed E-state index contributed by atoms with van der Waals surface area (Å²) in [6, 6.07) is -0.552. The van der Waals surface area contributed by atoms with Gasteiger partial charge in [0.15, 0.2) is 14.8 Å². The molecule has 0 saturated carbocycles.